The van der Waals surface area contributed by atoms with Crippen molar-refractivity contribution in [3.05, 3.63) is 58.6 Å². The first kappa shape index (κ1) is 18.6. The highest BCUT2D eigenvalue weighted by Crippen LogP contribution is 2.34. The van der Waals surface area contributed by atoms with Crippen LogP contribution >= 0.6 is 11.6 Å². The van der Waals surface area contributed by atoms with Crippen molar-refractivity contribution >= 4 is 23.5 Å². The van der Waals surface area contributed by atoms with Gasteiger partial charge in [0.05, 0.1) is 12.6 Å². The number of β-amino-alcohol motifs (C(OH)–C–C–N with tert-alkyl or cyclic N) is 1. The average Bonchev–Trinajstić information content (AvgIpc) is 3.20. The number of rotatable bonds is 5. The molecule has 7 nitrogen and oxygen atoms in total. The topological polar surface area (TPSA) is 88.1 Å². The normalized spacial score (nSPS) is 21.8. The van der Waals surface area contributed by atoms with Gasteiger partial charge < -0.3 is 19.9 Å². The lowest BCUT2D eigenvalue weighted by molar-refractivity contribution is -0.131. The molecule has 2 aromatic carbocycles. The summed E-state index contributed by atoms with van der Waals surface area (Å²) in [5, 5.41) is 13.7. The Hall–Kier alpha value is -2.77. The number of imide groups is 1. The van der Waals surface area contributed by atoms with Crippen LogP contribution < -0.4 is 14.8 Å². The first-order valence-electron chi connectivity index (χ1n) is 8.82. The van der Waals surface area contributed by atoms with E-state index < -0.39 is 17.7 Å². The summed E-state index contributed by atoms with van der Waals surface area (Å²) in [5.74, 6) is 0.888. The lowest BCUT2D eigenvalue weighted by Crippen LogP contribution is -2.46. The molecule has 3 amide bonds. The Labute approximate surface area is 166 Å². The van der Waals surface area contributed by atoms with Crippen molar-refractivity contribution in [1.29, 1.82) is 0 Å². The van der Waals surface area contributed by atoms with Gasteiger partial charge in [0.25, 0.3) is 5.91 Å². The van der Waals surface area contributed by atoms with Crippen LogP contribution in [0.4, 0.5) is 4.79 Å². The fraction of sp³-hybridized carbons (Fsp3) is 0.300. The number of aliphatic hydroxyl groups is 1. The number of carbonyl (C=O) groups is 2. The summed E-state index contributed by atoms with van der Waals surface area (Å²) in [6, 6.07) is 11.5. The lowest BCUT2D eigenvalue weighted by Gasteiger charge is -2.23. The molecule has 2 unspecified atom stereocenters. The molecule has 0 bridgehead atoms. The standard InChI is InChI=1S/C20H19ClN2O5/c1-20(9-12-2-7-16-17(8-12)28-11-27-16)18(25)23(19(26)22-20)10-15(24)13-3-5-14(21)6-4-13/h2-8,15,24H,9-11H2,1H3,(H,22,26). The second-order valence-corrected chi connectivity index (χ2v) is 7.55. The third-order valence-corrected chi connectivity index (χ3v) is 5.20. The molecule has 0 spiro atoms. The highest BCUT2D eigenvalue weighted by atomic mass is 35.5. The van der Waals surface area contributed by atoms with E-state index in [0.29, 0.717) is 28.5 Å². The van der Waals surface area contributed by atoms with Crippen molar-refractivity contribution in [1.82, 2.24) is 10.2 Å². The fourth-order valence-corrected chi connectivity index (χ4v) is 3.58. The van der Waals surface area contributed by atoms with Crippen molar-refractivity contribution in [2.75, 3.05) is 13.3 Å². The maximum atomic E-state index is 13.0. The highest BCUT2D eigenvalue weighted by Gasteiger charge is 2.48. The summed E-state index contributed by atoms with van der Waals surface area (Å²) in [7, 11) is 0. The van der Waals surface area contributed by atoms with Gasteiger partial charge in [0.15, 0.2) is 11.5 Å². The number of hydrogen-bond donors (Lipinski definition) is 2. The number of hydrogen-bond acceptors (Lipinski definition) is 5. The summed E-state index contributed by atoms with van der Waals surface area (Å²) in [4.78, 5) is 26.4. The Kier molecular flexibility index (Phi) is 4.64. The summed E-state index contributed by atoms with van der Waals surface area (Å²) in [5.41, 5.74) is 0.305. The largest absolute Gasteiger partial charge is 0.454 e. The number of urea groups is 1. The van der Waals surface area contributed by atoms with Crippen molar-refractivity contribution in [3.63, 3.8) is 0 Å². The van der Waals surface area contributed by atoms with Crippen LogP contribution in [0.5, 0.6) is 11.5 Å². The van der Waals surface area contributed by atoms with Gasteiger partial charge in [-0.1, -0.05) is 29.8 Å². The molecule has 2 N–H and O–H groups in total. The van der Waals surface area contributed by atoms with Crippen molar-refractivity contribution < 1.29 is 24.2 Å². The molecule has 2 atom stereocenters. The first-order chi connectivity index (χ1) is 13.4. The van der Waals surface area contributed by atoms with E-state index >= 15 is 0 Å². The molecule has 0 aromatic heterocycles. The Morgan fingerprint density at radius 1 is 1.18 bits per heavy atom. The summed E-state index contributed by atoms with van der Waals surface area (Å²) >= 11 is 5.86. The predicted molar refractivity (Wildman–Crippen MR) is 101 cm³/mol. The molecule has 28 heavy (non-hydrogen) atoms. The Balaban J connectivity index is 1.48. The SMILES string of the molecule is CC1(Cc2ccc3c(c2)OCO3)NC(=O)N(CC(O)c2ccc(Cl)cc2)C1=O. The number of nitrogens with zero attached hydrogens (tertiary/aromatic N) is 1. The Morgan fingerprint density at radius 3 is 2.64 bits per heavy atom. The molecule has 0 aliphatic carbocycles. The van der Waals surface area contributed by atoms with E-state index in [1.54, 1.807) is 43.3 Å². The summed E-state index contributed by atoms with van der Waals surface area (Å²) in [6.07, 6.45) is -0.707. The third kappa shape index (κ3) is 3.39. The zero-order valence-corrected chi connectivity index (χ0v) is 15.9. The monoisotopic (exact) mass is 402 g/mol. The fourth-order valence-electron chi connectivity index (χ4n) is 3.46. The van der Waals surface area contributed by atoms with Gasteiger partial charge in [-0.2, -0.15) is 0 Å². The van der Waals surface area contributed by atoms with Crippen LogP contribution in [0.3, 0.4) is 0 Å². The molecule has 4 rings (SSSR count). The van der Waals surface area contributed by atoms with Gasteiger partial charge in [-0.05, 0) is 42.3 Å². The number of fused-ring (bicyclic) bond motifs is 1. The van der Waals surface area contributed by atoms with E-state index in [4.69, 9.17) is 21.1 Å². The number of carbonyl (C=O) groups excluding carboxylic acids is 2. The van der Waals surface area contributed by atoms with Crippen LogP contribution in [0.25, 0.3) is 0 Å². The summed E-state index contributed by atoms with van der Waals surface area (Å²) < 4.78 is 10.7. The van der Waals surface area contributed by atoms with Crippen LogP contribution in [0.15, 0.2) is 42.5 Å². The van der Waals surface area contributed by atoms with E-state index in [9.17, 15) is 14.7 Å². The number of halogens is 1. The minimum atomic E-state index is -1.11. The van der Waals surface area contributed by atoms with Crippen LogP contribution in [0.1, 0.15) is 24.2 Å². The molecule has 1 fully saturated rings. The highest BCUT2D eigenvalue weighted by molar-refractivity contribution is 6.30. The van der Waals surface area contributed by atoms with E-state index in [0.717, 1.165) is 10.5 Å². The van der Waals surface area contributed by atoms with Crippen LogP contribution in [-0.4, -0.2) is 40.8 Å². The quantitative estimate of drug-likeness (QED) is 0.751. The van der Waals surface area contributed by atoms with Crippen molar-refractivity contribution in [3.8, 4) is 11.5 Å². The van der Waals surface area contributed by atoms with Crippen LogP contribution in [-0.2, 0) is 11.2 Å². The minimum Gasteiger partial charge on any atom is -0.454 e. The number of aliphatic hydroxyl groups excluding tert-OH is 1. The van der Waals surface area contributed by atoms with E-state index in [2.05, 4.69) is 5.32 Å². The van der Waals surface area contributed by atoms with Gasteiger partial charge in [0.2, 0.25) is 6.79 Å². The Morgan fingerprint density at radius 2 is 1.89 bits per heavy atom. The Bertz CT molecular complexity index is 933. The number of ether oxygens (including phenoxy) is 2. The molecule has 0 saturated carbocycles. The van der Waals surface area contributed by atoms with Crippen LogP contribution in [0.2, 0.25) is 5.02 Å². The van der Waals surface area contributed by atoms with Gasteiger partial charge in [-0.3, -0.25) is 9.69 Å². The van der Waals surface area contributed by atoms with Gasteiger partial charge in [0, 0.05) is 11.4 Å². The smallest absolute Gasteiger partial charge is 0.325 e. The molecule has 2 aromatic rings. The van der Waals surface area contributed by atoms with Gasteiger partial charge in [0.1, 0.15) is 5.54 Å². The molecule has 2 heterocycles. The summed E-state index contributed by atoms with van der Waals surface area (Å²) in [6.45, 7) is 1.71. The molecular formula is C20H19ClN2O5. The van der Waals surface area contributed by atoms with Crippen LogP contribution in [0, 0.1) is 0 Å². The molecule has 8 heteroatoms. The molecule has 0 radical (unpaired) electrons. The lowest BCUT2D eigenvalue weighted by atomic mass is 9.92. The predicted octanol–water partition coefficient (Wildman–Crippen LogP) is 2.66. The van der Waals surface area contributed by atoms with Crippen molar-refractivity contribution in [2.24, 2.45) is 0 Å². The van der Waals surface area contributed by atoms with Gasteiger partial charge in [-0.25, -0.2) is 4.79 Å². The maximum absolute atomic E-state index is 13.0. The number of amides is 3. The van der Waals surface area contributed by atoms with E-state index in [1.165, 1.54) is 0 Å². The van der Waals surface area contributed by atoms with E-state index in [1.807, 2.05) is 6.07 Å². The number of nitrogens with one attached hydrogen (secondary N) is 1. The average molecular weight is 403 g/mol. The molecule has 2 aliphatic rings. The molecule has 1 saturated heterocycles. The second kappa shape index (κ2) is 7.00. The second-order valence-electron chi connectivity index (χ2n) is 7.11. The van der Waals surface area contributed by atoms with Gasteiger partial charge in [-0.15, -0.1) is 0 Å². The molecular weight excluding hydrogens is 384 g/mol. The number of benzene rings is 2. The molecule has 146 valence electrons. The first-order valence-corrected chi connectivity index (χ1v) is 9.20. The van der Waals surface area contributed by atoms with Gasteiger partial charge >= 0.3 is 6.03 Å². The maximum Gasteiger partial charge on any atom is 0.325 e. The van der Waals surface area contributed by atoms with E-state index in [-0.39, 0.29) is 19.2 Å². The molecule has 2 aliphatic heterocycles. The zero-order valence-electron chi connectivity index (χ0n) is 15.1. The zero-order chi connectivity index (χ0) is 19.9. The van der Waals surface area contributed by atoms with Crippen molar-refractivity contribution in [2.45, 2.75) is 25.0 Å². The third-order valence-electron chi connectivity index (χ3n) is 4.95. The minimum absolute atomic E-state index is 0.136.